The van der Waals surface area contributed by atoms with E-state index >= 15 is 0 Å². The van der Waals surface area contributed by atoms with Crippen LogP contribution >= 0.6 is 15.9 Å². The van der Waals surface area contributed by atoms with Crippen molar-refractivity contribution >= 4 is 15.9 Å². The number of nitrogens with two attached hydrogens (primary N) is 1. The SMILES string of the molecule is Cc1ccc(C(CN)NCCCC2CC2)c(Br)c1. The van der Waals surface area contributed by atoms with Crippen LogP contribution in [0.3, 0.4) is 0 Å². The molecule has 1 unspecified atom stereocenters. The fourth-order valence-corrected chi connectivity index (χ4v) is 3.08. The lowest BCUT2D eigenvalue weighted by Gasteiger charge is -2.19. The van der Waals surface area contributed by atoms with Crippen LogP contribution in [0.1, 0.15) is 42.9 Å². The highest BCUT2D eigenvalue weighted by atomic mass is 79.9. The van der Waals surface area contributed by atoms with Gasteiger partial charge in [-0.1, -0.05) is 40.9 Å². The standard InChI is InChI=1S/C15H23BrN2/c1-11-4-7-13(14(16)9-11)15(10-17)18-8-2-3-12-5-6-12/h4,7,9,12,15,18H,2-3,5-6,8,10,17H2,1H3. The van der Waals surface area contributed by atoms with E-state index in [1.165, 1.54) is 36.8 Å². The van der Waals surface area contributed by atoms with Crippen LogP contribution in [0.4, 0.5) is 0 Å². The van der Waals surface area contributed by atoms with Crippen LogP contribution < -0.4 is 11.1 Å². The maximum absolute atomic E-state index is 5.88. The Morgan fingerprint density at radius 3 is 2.83 bits per heavy atom. The van der Waals surface area contributed by atoms with E-state index in [0.717, 1.165) is 16.9 Å². The van der Waals surface area contributed by atoms with Gasteiger partial charge in [-0.15, -0.1) is 0 Å². The Morgan fingerprint density at radius 2 is 2.22 bits per heavy atom. The lowest BCUT2D eigenvalue weighted by atomic mass is 10.0. The van der Waals surface area contributed by atoms with Crippen LogP contribution in [-0.4, -0.2) is 13.1 Å². The Kier molecular flexibility index (Phi) is 5.22. The van der Waals surface area contributed by atoms with E-state index in [1.54, 1.807) is 0 Å². The quantitative estimate of drug-likeness (QED) is 0.756. The Labute approximate surface area is 118 Å². The first kappa shape index (κ1) is 14.0. The minimum absolute atomic E-state index is 0.263. The molecule has 3 N–H and O–H groups in total. The van der Waals surface area contributed by atoms with Crippen molar-refractivity contribution in [2.45, 2.75) is 38.6 Å². The molecule has 2 rings (SSSR count). The molecule has 0 saturated heterocycles. The molecule has 1 fully saturated rings. The van der Waals surface area contributed by atoms with E-state index < -0.39 is 0 Å². The summed E-state index contributed by atoms with van der Waals surface area (Å²) < 4.78 is 1.16. The lowest BCUT2D eigenvalue weighted by molar-refractivity contribution is 0.511. The summed E-state index contributed by atoms with van der Waals surface area (Å²) in [6, 6.07) is 6.74. The average Bonchev–Trinajstić information content (AvgIpc) is 3.15. The molecule has 0 radical (unpaired) electrons. The van der Waals surface area contributed by atoms with Crippen LogP contribution in [0, 0.1) is 12.8 Å². The van der Waals surface area contributed by atoms with Crippen LogP contribution in [0.25, 0.3) is 0 Å². The summed E-state index contributed by atoms with van der Waals surface area (Å²) in [5.41, 5.74) is 8.43. The number of nitrogens with one attached hydrogen (secondary N) is 1. The van der Waals surface area contributed by atoms with E-state index in [9.17, 15) is 0 Å². The Bertz CT molecular complexity index is 388. The molecule has 18 heavy (non-hydrogen) atoms. The molecule has 0 amide bonds. The van der Waals surface area contributed by atoms with Gasteiger partial charge in [0.2, 0.25) is 0 Å². The minimum atomic E-state index is 0.263. The lowest BCUT2D eigenvalue weighted by Crippen LogP contribution is -2.29. The van der Waals surface area contributed by atoms with Crippen molar-refractivity contribution in [2.24, 2.45) is 11.7 Å². The summed E-state index contributed by atoms with van der Waals surface area (Å²) in [7, 11) is 0. The highest BCUT2D eigenvalue weighted by molar-refractivity contribution is 9.10. The first-order valence-corrected chi connectivity index (χ1v) is 7.69. The van der Waals surface area contributed by atoms with Crippen molar-refractivity contribution in [3.63, 3.8) is 0 Å². The van der Waals surface area contributed by atoms with Crippen LogP contribution in [0.15, 0.2) is 22.7 Å². The van der Waals surface area contributed by atoms with Gasteiger partial charge in [-0.3, -0.25) is 0 Å². The van der Waals surface area contributed by atoms with Crippen molar-refractivity contribution in [3.05, 3.63) is 33.8 Å². The molecule has 0 bridgehead atoms. The normalized spacial score (nSPS) is 16.8. The third-order valence-electron chi connectivity index (χ3n) is 3.64. The molecule has 1 aromatic rings. The van der Waals surface area contributed by atoms with E-state index in [0.29, 0.717) is 6.54 Å². The smallest absolute Gasteiger partial charge is 0.0455 e. The maximum Gasteiger partial charge on any atom is 0.0455 e. The zero-order valence-electron chi connectivity index (χ0n) is 11.1. The van der Waals surface area contributed by atoms with Gasteiger partial charge in [-0.25, -0.2) is 0 Å². The van der Waals surface area contributed by atoms with E-state index in [4.69, 9.17) is 5.73 Å². The summed E-state index contributed by atoms with van der Waals surface area (Å²) in [6.45, 7) is 3.82. The number of aryl methyl sites for hydroxylation is 1. The highest BCUT2D eigenvalue weighted by Crippen LogP contribution is 2.33. The number of hydrogen-bond acceptors (Lipinski definition) is 2. The molecular weight excluding hydrogens is 288 g/mol. The summed E-state index contributed by atoms with van der Waals surface area (Å²) in [6.07, 6.45) is 5.54. The molecule has 3 heteroatoms. The van der Waals surface area contributed by atoms with Crippen molar-refractivity contribution in [2.75, 3.05) is 13.1 Å². The molecule has 1 atom stereocenters. The maximum atomic E-state index is 5.88. The first-order valence-electron chi connectivity index (χ1n) is 6.90. The topological polar surface area (TPSA) is 38.0 Å². The van der Waals surface area contributed by atoms with Crippen molar-refractivity contribution in [1.82, 2.24) is 5.32 Å². The molecule has 0 aromatic heterocycles. The summed E-state index contributed by atoms with van der Waals surface area (Å²) in [5.74, 6) is 1.02. The molecule has 1 saturated carbocycles. The molecule has 1 aliphatic carbocycles. The summed E-state index contributed by atoms with van der Waals surface area (Å²) in [5, 5.41) is 3.57. The largest absolute Gasteiger partial charge is 0.329 e. The van der Waals surface area contributed by atoms with Gasteiger partial charge >= 0.3 is 0 Å². The van der Waals surface area contributed by atoms with Gasteiger partial charge < -0.3 is 11.1 Å². The van der Waals surface area contributed by atoms with Gasteiger partial charge in [0.1, 0.15) is 0 Å². The van der Waals surface area contributed by atoms with Gasteiger partial charge in [-0.05, 0) is 49.4 Å². The van der Waals surface area contributed by atoms with Crippen molar-refractivity contribution in [1.29, 1.82) is 0 Å². The zero-order valence-corrected chi connectivity index (χ0v) is 12.7. The fraction of sp³-hybridized carbons (Fsp3) is 0.600. The van der Waals surface area contributed by atoms with E-state index in [2.05, 4.69) is 46.4 Å². The predicted molar refractivity (Wildman–Crippen MR) is 80.6 cm³/mol. The second-order valence-corrected chi connectivity index (χ2v) is 6.21. The minimum Gasteiger partial charge on any atom is -0.329 e. The van der Waals surface area contributed by atoms with Crippen LogP contribution in [0.2, 0.25) is 0 Å². The van der Waals surface area contributed by atoms with Gasteiger partial charge in [0.05, 0.1) is 0 Å². The fourth-order valence-electron chi connectivity index (χ4n) is 2.31. The molecule has 100 valence electrons. The third kappa shape index (κ3) is 4.08. The number of rotatable bonds is 7. The third-order valence-corrected chi connectivity index (χ3v) is 4.33. The monoisotopic (exact) mass is 310 g/mol. The number of halogens is 1. The molecule has 1 aromatic carbocycles. The van der Waals surface area contributed by atoms with Gasteiger partial charge in [0.25, 0.3) is 0 Å². The molecule has 2 nitrogen and oxygen atoms in total. The molecular formula is C15H23BrN2. The van der Waals surface area contributed by atoms with Crippen LogP contribution in [0.5, 0.6) is 0 Å². The average molecular weight is 311 g/mol. The molecule has 0 spiro atoms. The van der Waals surface area contributed by atoms with E-state index in [-0.39, 0.29) is 6.04 Å². The van der Waals surface area contributed by atoms with Gasteiger partial charge in [0, 0.05) is 17.1 Å². The molecule has 0 heterocycles. The Hall–Kier alpha value is -0.380. The number of hydrogen-bond donors (Lipinski definition) is 2. The van der Waals surface area contributed by atoms with Crippen molar-refractivity contribution < 1.29 is 0 Å². The second kappa shape index (κ2) is 6.69. The van der Waals surface area contributed by atoms with Crippen molar-refractivity contribution in [3.8, 4) is 0 Å². The Morgan fingerprint density at radius 1 is 1.44 bits per heavy atom. The van der Waals surface area contributed by atoms with Gasteiger partial charge in [0.15, 0.2) is 0 Å². The van der Waals surface area contributed by atoms with Gasteiger partial charge in [-0.2, -0.15) is 0 Å². The molecule has 0 aliphatic heterocycles. The summed E-state index contributed by atoms with van der Waals surface area (Å²) in [4.78, 5) is 0. The molecule has 1 aliphatic rings. The predicted octanol–water partition coefficient (Wildman–Crippen LogP) is 3.54. The highest BCUT2D eigenvalue weighted by Gasteiger charge is 2.20. The Balaban J connectivity index is 1.85. The zero-order chi connectivity index (χ0) is 13.0. The second-order valence-electron chi connectivity index (χ2n) is 5.35. The van der Waals surface area contributed by atoms with Crippen LogP contribution in [-0.2, 0) is 0 Å². The first-order chi connectivity index (χ1) is 8.70. The number of benzene rings is 1. The summed E-state index contributed by atoms with van der Waals surface area (Å²) >= 11 is 3.64. The van der Waals surface area contributed by atoms with E-state index in [1.807, 2.05) is 0 Å².